The van der Waals surface area contributed by atoms with E-state index in [1.165, 1.54) is 0 Å². The van der Waals surface area contributed by atoms with Crippen LogP contribution in [0.4, 0.5) is 5.69 Å². The molecule has 0 radical (unpaired) electrons. The molecule has 1 N–H and O–H groups in total. The average molecular weight is 459 g/mol. The minimum atomic E-state index is -1.19. The smallest absolute Gasteiger partial charge is 0.336 e. The van der Waals surface area contributed by atoms with Crippen molar-refractivity contribution in [3.63, 3.8) is 0 Å². The van der Waals surface area contributed by atoms with Gasteiger partial charge in [-0.3, -0.25) is 4.79 Å². The Labute approximate surface area is 197 Å². The number of hydrogen-bond acceptors (Lipinski definition) is 6. The first-order chi connectivity index (χ1) is 16.4. The Morgan fingerprint density at radius 2 is 1.65 bits per heavy atom. The standard InChI is InChI=1S/C27H25NO6/c1-28(2)20-6-4-5-17(13-20)14-22(26(29)18-7-10-21(32-3)11-8-18)25(27(30)31)19-9-12-23-24(15-19)34-16-33-23/h4-13,15H,14,16H2,1-3H3,(H,30,31)/b25-22-. The number of aliphatic carboxylic acids is 1. The van der Waals surface area contributed by atoms with Crippen molar-refractivity contribution < 1.29 is 28.9 Å². The molecule has 3 aromatic carbocycles. The maximum Gasteiger partial charge on any atom is 0.336 e. The molecule has 3 aromatic rings. The van der Waals surface area contributed by atoms with Gasteiger partial charge in [-0.15, -0.1) is 0 Å². The molecule has 0 aromatic heterocycles. The molecule has 174 valence electrons. The Morgan fingerprint density at radius 3 is 2.32 bits per heavy atom. The van der Waals surface area contributed by atoms with E-state index < -0.39 is 5.97 Å². The van der Waals surface area contributed by atoms with Crippen molar-refractivity contribution in [1.29, 1.82) is 0 Å². The SMILES string of the molecule is COc1ccc(C(=O)/C(Cc2cccc(N(C)C)c2)=C(\C(=O)O)c2ccc3c(c2)OCO3)cc1. The molecule has 0 saturated carbocycles. The monoisotopic (exact) mass is 459 g/mol. The first-order valence-corrected chi connectivity index (χ1v) is 10.7. The van der Waals surface area contributed by atoms with Crippen LogP contribution in [0.25, 0.3) is 5.57 Å². The maximum absolute atomic E-state index is 13.7. The van der Waals surface area contributed by atoms with Crippen LogP contribution in [0.5, 0.6) is 17.2 Å². The van der Waals surface area contributed by atoms with E-state index in [0.717, 1.165) is 11.3 Å². The third-order valence-corrected chi connectivity index (χ3v) is 5.61. The number of carboxylic acids is 1. The largest absolute Gasteiger partial charge is 0.497 e. The van der Waals surface area contributed by atoms with Gasteiger partial charge in [0.25, 0.3) is 0 Å². The highest BCUT2D eigenvalue weighted by molar-refractivity contribution is 6.26. The van der Waals surface area contributed by atoms with E-state index in [-0.39, 0.29) is 30.1 Å². The predicted molar refractivity (Wildman–Crippen MR) is 129 cm³/mol. The summed E-state index contributed by atoms with van der Waals surface area (Å²) < 4.78 is 16.0. The topological polar surface area (TPSA) is 85.3 Å². The second kappa shape index (κ2) is 9.70. The third kappa shape index (κ3) is 4.73. The molecule has 7 heteroatoms. The van der Waals surface area contributed by atoms with Crippen molar-refractivity contribution in [2.24, 2.45) is 0 Å². The number of carbonyl (C=O) groups is 2. The van der Waals surface area contributed by atoms with Gasteiger partial charge in [0.1, 0.15) is 5.75 Å². The zero-order valence-corrected chi connectivity index (χ0v) is 19.2. The predicted octanol–water partition coefficient (Wildman–Crippen LogP) is 4.45. The van der Waals surface area contributed by atoms with E-state index in [1.54, 1.807) is 49.6 Å². The Kier molecular flexibility index (Phi) is 6.54. The van der Waals surface area contributed by atoms with Crippen molar-refractivity contribution in [1.82, 2.24) is 0 Å². The van der Waals surface area contributed by atoms with Crippen molar-refractivity contribution in [2.75, 3.05) is 32.9 Å². The van der Waals surface area contributed by atoms with E-state index in [2.05, 4.69) is 0 Å². The molecule has 0 aliphatic carbocycles. The number of carbonyl (C=O) groups excluding carboxylic acids is 1. The van der Waals surface area contributed by atoms with Gasteiger partial charge in [0.05, 0.1) is 12.7 Å². The zero-order valence-electron chi connectivity index (χ0n) is 19.2. The fourth-order valence-corrected chi connectivity index (χ4v) is 3.83. The fourth-order valence-electron chi connectivity index (χ4n) is 3.83. The molecule has 34 heavy (non-hydrogen) atoms. The molecule has 0 amide bonds. The zero-order chi connectivity index (χ0) is 24.2. The summed E-state index contributed by atoms with van der Waals surface area (Å²) in [7, 11) is 5.39. The molecular formula is C27H25NO6. The second-order valence-electron chi connectivity index (χ2n) is 8.03. The number of ketones is 1. The van der Waals surface area contributed by atoms with Crippen LogP contribution in [0, 0.1) is 0 Å². The summed E-state index contributed by atoms with van der Waals surface area (Å²) in [5.41, 5.74) is 2.62. The van der Waals surface area contributed by atoms with Crippen LogP contribution < -0.4 is 19.1 Å². The summed E-state index contributed by atoms with van der Waals surface area (Å²) in [4.78, 5) is 28.2. The summed E-state index contributed by atoms with van der Waals surface area (Å²) in [5.74, 6) is 0.0276. The number of fused-ring (bicyclic) bond motifs is 1. The number of allylic oxidation sites excluding steroid dienone is 1. The molecule has 0 fully saturated rings. The number of anilines is 1. The van der Waals surface area contributed by atoms with Crippen molar-refractivity contribution in [2.45, 2.75) is 6.42 Å². The fraction of sp³-hybridized carbons (Fsp3) is 0.185. The molecule has 7 nitrogen and oxygen atoms in total. The molecule has 0 saturated heterocycles. The van der Waals surface area contributed by atoms with Gasteiger partial charge in [-0.05, 0) is 59.7 Å². The van der Waals surface area contributed by atoms with Gasteiger partial charge < -0.3 is 24.2 Å². The van der Waals surface area contributed by atoms with Crippen LogP contribution in [0.1, 0.15) is 21.5 Å². The van der Waals surface area contributed by atoms with E-state index in [0.29, 0.717) is 28.4 Å². The normalized spacial score (nSPS) is 12.7. The molecule has 1 aliphatic rings. The molecule has 0 atom stereocenters. The maximum atomic E-state index is 13.7. The van der Waals surface area contributed by atoms with Crippen molar-refractivity contribution >= 4 is 23.0 Å². The van der Waals surface area contributed by atoms with Crippen molar-refractivity contribution in [3.05, 3.63) is 89.0 Å². The van der Waals surface area contributed by atoms with Gasteiger partial charge in [-0.25, -0.2) is 4.79 Å². The lowest BCUT2D eigenvalue weighted by Crippen LogP contribution is -2.14. The number of rotatable bonds is 8. The number of carboxylic acid groups (broad SMARTS) is 1. The van der Waals surface area contributed by atoms with E-state index in [9.17, 15) is 14.7 Å². The Bertz CT molecular complexity index is 1260. The highest BCUT2D eigenvalue weighted by Crippen LogP contribution is 2.36. The first kappa shape index (κ1) is 22.9. The Balaban J connectivity index is 1.86. The van der Waals surface area contributed by atoms with Crippen LogP contribution in [-0.4, -0.2) is 44.9 Å². The summed E-state index contributed by atoms with van der Waals surface area (Å²) >= 11 is 0. The lowest BCUT2D eigenvalue weighted by molar-refractivity contribution is -0.130. The molecule has 0 unspecified atom stereocenters. The molecule has 1 heterocycles. The van der Waals surface area contributed by atoms with Gasteiger partial charge in [-0.2, -0.15) is 0 Å². The lowest BCUT2D eigenvalue weighted by Gasteiger charge is -2.16. The van der Waals surface area contributed by atoms with Crippen LogP contribution in [0.3, 0.4) is 0 Å². The summed E-state index contributed by atoms with van der Waals surface area (Å²) in [6, 6.07) is 19.2. The number of Topliss-reactive ketones (excluding diaryl/α,β-unsaturated/α-hetero) is 1. The van der Waals surface area contributed by atoms with Crippen LogP contribution in [0.2, 0.25) is 0 Å². The van der Waals surface area contributed by atoms with E-state index in [1.807, 2.05) is 43.3 Å². The Morgan fingerprint density at radius 1 is 0.941 bits per heavy atom. The average Bonchev–Trinajstić information content (AvgIpc) is 3.31. The van der Waals surface area contributed by atoms with Gasteiger partial charge >= 0.3 is 5.97 Å². The molecular weight excluding hydrogens is 434 g/mol. The number of methoxy groups -OCH3 is 1. The van der Waals surface area contributed by atoms with Gasteiger partial charge in [0.15, 0.2) is 17.3 Å². The second-order valence-corrected chi connectivity index (χ2v) is 8.03. The summed E-state index contributed by atoms with van der Waals surface area (Å²) in [5, 5.41) is 10.2. The highest BCUT2D eigenvalue weighted by atomic mass is 16.7. The molecule has 1 aliphatic heterocycles. The number of ether oxygens (including phenoxy) is 3. The van der Waals surface area contributed by atoms with Crippen molar-refractivity contribution in [3.8, 4) is 17.2 Å². The van der Waals surface area contributed by atoms with Gasteiger partial charge in [-0.1, -0.05) is 18.2 Å². The molecule has 0 bridgehead atoms. The van der Waals surface area contributed by atoms with Gasteiger partial charge in [0, 0.05) is 37.3 Å². The van der Waals surface area contributed by atoms with Gasteiger partial charge in [0.2, 0.25) is 6.79 Å². The van der Waals surface area contributed by atoms with Crippen LogP contribution >= 0.6 is 0 Å². The minimum absolute atomic E-state index is 0.0693. The Hall–Kier alpha value is -4.26. The number of nitrogens with zero attached hydrogens (tertiary/aromatic N) is 1. The quantitative estimate of drug-likeness (QED) is 0.393. The van der Waals surface area contributed by atoms with Crippen LogP contribution in [-0.2, 0) is 11.2 Å². The van der Waals surface area contributed by atoms with Crippen LogP contribution in [0.15, 0.2) is 72.3 Å². The van der Waals surface area contributed by atoms with E-state index >= 15 is 0 Å². The minimum Gasteiger partial charge on any atom is -0.497 e. The number of benzene rings is 3. The number of hydrogen-bond donors (Lipinski definition) is 1. The summed E-state index contributed by atoms with van der Waals surface area (Å²) in [6.45, 7) is 0.0693. The lowest BCUT2D eigenvalue weighted by atomic mass is 9.89. The van der Waals surface area contributed by atoms with E-state index in [4.69, 9.17) is 14.2 Å². The highest BCUT2D eigenvalue weighted by Gasteiger charge is 2.26. The summed E-state index contributed by atoms with van der Waals surface area (Å²) in [6.07, 6.45) is 0.141. The molecule has 0 spiro atoms. The molecule has 4 rings (SSSR count). The third-order valence-electron chi connectivity index (χ3n) is 5.61. The first-order valence-electron chi connectivity index (χ1n) is 10.7.